The predicted octanol–water partition coefficient (Wildman–Crippen LogP) is 3.23. The van der Waals surface area contributed by atoms with Crippen LogP contribution >= 0.6 is 0 Å². The van der Waals surface area contributed by atoms with E-state index >= 15 is 0 Å². The van der Waals surface area contributed by atoms with Gasteiger partial charge in [-0.25, -0.2) is 0 Å². The Morgan fingerprint density at radius 3 is 2.24 bits per heavy atom. The molecule has 2 aromatic carbocycles. The number of hydrogen-bond acceptors (Lipinski definition) is 3. The van der Waals surface area contributed by atoms with Crippen LogP contribution in [-0.2, 0) is 16.0 Å². The quantitative estimate of drug-likeness (QED) is 0.776. The number of rotatable bonds is 0. The zero-order chi connectivity index (χ0) is 17.1. The Morgan fingerprint density at radius 1 is 0.880 bits per heavy atom. The van der Waals surface area contributed by atoms with Crippen molar-refractivity contribution in [3.8, 4) is 11.1 Å². The van der Waals surface area contributed by atoms with Gasteiger partial charge in [-0.3, -0.25) is 4.79 Å². The summed E-state index contributed by atoms with van der Waals surface area (Å²) in [7, 11) is 0. The average Bonchev–Trinajstić information content (AvgIpc) is 2.77. The van der Waals surface area contributed by atoms with E-state index in [2.05, 4.69) is 16.7 Å². The van der Waals surface area contributed by atoms with Gasteiger partial charge in [0.2, 0.25) is 5.91 Å². The van der Waals surface area contributed by atoms with Crippen molar-refractivity contribution in [3.63, 3.8) is 0 Å². The van der Waals surface area contributed by atoms with Crippen LogP contribution in [0.4, 0.5) is 5.69 Å². The number of carbonyl (C=O) groups is 1. The monoisotopic (exact) mass is 336 g/mol. The van der Waals surface area contributed by atoms with Crippen molar-refractivity contribution in [1.82, 2.24) is 5.32 Å². The highest BCUT2D eigenvalue weighted by Gasteiger charge is 2.38. The van der Waals surface area contributed by atoms with Crippen molar-refractivity contribution >= 4 is 11.6 Å². The molecule has 3 heterocycles. The SMILES string of the molecule is C1CC2(CCN1)COC2.O=C1Cc2ccccc2-c2ccccc2N1. The number of amides is 1. The lowest BCUT2D eigenvalue weighted by Crippen LogP contribution is -2.49. The Hall–Kier alpha value is -2.17. The topological polar surface area (TPSA) is 50.4 Å². The molecule has 0 unspecified atom stereocenters. The lowest BCUT2D eigenvalue weighted by atomic mass is 9.77. The van der Waals surface area contributed by atoms with E-state index in [0.29, 0.717) is 11.8 Å². The molecule has 1 spiro atoms. The van der Waals surface area contributed by atoms with Crippen molar-refractivity contribution in [2.45, 2.75) is 19.3 Å². The summed E-state index contributed by atoms with van der Waals surface area (Å²) in [4.78, 5) is 11.7. The minimum atomic E-state index is 0.0531. The van der Waals surface area contributed by atoms with Gasteiger partial charge in [-0.15, -0.1) is 0 Å². The number of carbonyl (C=O) groups excluding carboxylic acids is 1. The predicted molar refractivity (Wildman–Crippen MR) is 99.6 cm³/mol. The van der Waals surface area contributed by atoms with Crippen LogP contribution in [0.1, 0.15) is 18.4 Å². The Kier molecular flexibility index (Phi) is 4.55. The Morgan fingerprint density at radius 2 is 1.56 bits per heavy atom. The molecule has 0 saturated carbocycles. The number of anilines is 1. The minimum Gasteiger partial charge on any atom is -0.380 e. The third kappa shape index (κ3) is 3.46. The van der Waals surface area contributed by atoms with Gasteiger partial charge in [-0.05, 0) is 43.1 Å². The van der Waals surface area contributed by atoms with Crippen LogP contribution in [0, 0.1) is 5.41 Å². The van der Waals surface area contributed by atoms with E-state index in [9.17, 15) is 4.79 Å². The summed E-state index contributed by atoms with van der Waals surface area (Å²) in [6, 6.07) is 16.0. The Labute approximate surface area is 148 Å². The van der Waals surface area contributed by atoms with Gasteiger partial charge >= 0.3 is 0 Å². The second kappa shape index (κ2) is 6.98. The smallest absolute Gasteiger partial charge is 0.228 e. The Bertz CT molecular complexity index is 710. The van der Waals surface area contributed by atoms with Gasteiger partial charge in [0.25, 0.3) is 0 Å². The van der Waals surface area contributed by atoms with Crippen LogP contribution in [0.5, 0.6) is 0 Å². The van der Waals surface area contributed by atoms with Gasteiger partial charge in [0.1, 0.15) is 0 Å². The minimum absolute atomic E-state index is 0.0531. The maximum Gasteiger partial charge on any atom is 0.228 e. The molecule has 25 heavy (non-hydrogen) atoms. The average molecular weight is 336 g/mol. The van der Waals surface area contributed by atoms with E-state index in [1.165, 1.54) is 25.9 Å². The first-order valence-corrected chi connectivity index (χ1v) is 9.01. The normalized spacial score (nSPS) is 20.1. The first-order valence-electron chi connectivity index (χ1n) is 9.01. The molecule has 2 aromatic rings. The molecule has 4 nitrogen and oxygen atoms in total. The van der Waals surface area contributed by atoms with Crippen LogP contribution in [0.15, 0.2) is 48.5 Å². The number of benzene rings is 2. The summed E-state index contributed by atoms with van der Waals surface area (Å²) >= 11 is 0. The van der Waals surface area contributed by atoms with E-state index < -0.39 is 0 Å². The van der Waals surface area contributed by atoms with Gasteiger partial charge in [-0.2, -0.15) is 0 Å². The fourth-order valence-electron chi connectivity index (χ4n) is 3.77. The molecule has 4 heteroatoms. The van der Waals surface area contributed by atoms with Crippen LogP contribution in [-0.4, -0.2) is 32.2 Å². The van der Waals surface area contributed by atoms with Gasteiger partial charge in [0, 0.05) is 16.7 Å². The van der Waals surface area contributed by atoms with Crippen molar-refractivity contribution < 1.29 is 9.53 Å². The molecule has 0 aromatic heterocycles. The first-order chi connectivity index (χ1) is 12.3. The fourth-order valence-corrected chi connectivity index (χ4v) is 3.77. The molecular formula is C21H24N2O2. The molecular weight excluding hydrogens is 312 g/mol. The Balaban J connectivity index is 0.000000147. The molecule has 2 N–H and O–H groups in total. The van der Waals surface area contributed by atoms with Crippen LogP contribution in [0.25, 0.3) is 11.1 Å². The second-order valence-electron chi connectivity index (χ2n) is 7.17. The first kappa shape index (κ1) is 16.3. The van der Waals surface area contributed by atoms with E-state index in [0.717, 1.165) is 35.6 Å². The van der Waals surface area contributed by atoms with Crippen molar-refractivity contribution in [2.75, 3.05) is 31.6 Å². The molecule has 2 saturated heterocycles. The lowest BCUT2D eigenvalue weighted by molar-refractivity contribution is -0.127. The molecule has 0 bridgehead atoms. The molecule has 3 aliphatic rings. The van der Waals surface area contributed by atoms with Gasteiger partial charge in [0.05, 0.1) is 19.6 Å². The fraction of sp³-hybridized carbons (Fsp3) is 0.381. The summed E-state index contributed by atoms with van der Waals surface area (Å²) in [5.74, 6) is 0.0531. The lowest BCUT2D eigenvalue weighted by Gasteiger charge is -2.44. The number of piperidine rings is 1. The van der Waals surface area contributed by atoms with Gasteiger partial charge in [0.15, 0.2) is 0 Å². The summed E-state index contributed by atoms with van der Waals surface area (Å²) in [5, 5.41) is 6.28. The molecule has 0 aliphatic carbocycles. The summed E-state index contributed by atoms with van der Waals surface area (Å²) in [6.07, 6.45) is 3.10. The number of hydrogen-bond donors (Lipinski definition) is 2. The molecule has 3 aliphatic heterocycles. The number of nitrogens with one attached hydrogen (secondary N) is 2. The highest BCUT2D eigenvalue weighted by molar-refractivity contribution is 6.00. The van der Waals surface area contributed by atoms with Crippen LogP contribution < -0.4 is 10.6 Å². The maximum absolute atomic E-state index is 11.7. The van der Waals surface area contributed by atoms with Crippen molar-refractivity contribution in [2.24, 2.45) is 5.41 Å². The van der Waals surface area contributed by atoms with E-state index in [-0.39, 0.29) is 5.91 Å². The van der Waals surface area contributed by atoms with Crippen molar-refractivity contribution in [1.29, 1.82) is 0 Å². The number of fused-ring (bicyclic) bond motifs is 3. The van der Waals surface area contributed by atoms with E-state index in [4.69, 9.17) is 4.74 Å². The molecule has 0 atom stereocenters. The number of para-hydroxylation sites is 1. The highest BCUT2D eigenvalue weighted by atomic mass is 16.5. The van der Waals surface area contributed by atoms with Gasteiger partial charge < -0.3 is 15.4 Å². The molecule has 2 fully saturated rings. The summed E-state index contributed by atoms with van der Waals surface area (Å²) < 4.78 is 5.19. The maximum atomic E-state index is 11.7. The van der Waals surface area contributed by atoms with Gasteiger partial charge in [-0.1, -0.05) is 42.5 Å². The molecule has 1 amide bonds. The molecule has 130 valence electrons. The third-order valence-corrected chi connectivity index (χ3v) is 5.34. The highest BCUT2D eigenvalue weighted by Crippen LogP contribution is 2.36. The molecule has 5 rings (SSSR count). The van der Waals surface area contributed by atoms with Crippen LogP contribution in [0.2, 0.25) is 0 Å². The standard InChI is InChI=1S/C14H11NO.C7H13NO/c16-14-9-10-5-1-2-6-11(10)12-7-3-4-8-13(12)15-14;1-3-8-4-2-7(1)5-9-6-7/h1-8H,9H2,(H,15,16);8H,1-6H2. The second-order valence-corrected chi connectivity index (χ2v) is 7.17. The number of ether oxygens (including phenoxy) is 1. The summed E-state index contributed by atoms with van der Waals surface area (Å²) in [5.41, 5.74) is 4.86. The third-order valence-electron chi connectivity index (χ3n) is 5.34. The zero-order valence-corrected chi connectivity index (χ0v) is 14.4. The van der Waals surface area contributed by atoms with Crippen LogP contribution in [0.3, 0.4) is 0 Å². The van der Waals surface area contributed by atoms with E-state index in [1.807, 2.05) is 42.5 Å². The van der Waals surface area contributed by atoms with Crippen molar-refractivity contribution in [3.05, 3.63) is 54.1 Å². The zero-order valence-electron chi connectivity index (χ0n) is 14.4. The largest absolute Gasteiger partial charge is 0.380 e. The molecule has 0 radical (unpaired) electrons. The summed E-state index contributed by atoms with van der Waals surface area (Å²) in [6.45, 7) is 4.44. The van der Waals surface area contributed by atoms with E-state index in [1.54, 1.807) is 0 Å².